The second kappa shape index (κ2) is 5.75. The largest absolute Gasteiger partial charge is 0.392 e. The van der Waals surface area contributed by atoms with Gasteiger partial charge in [-0.05, 0) is 57.8 Å². The van der Waals surface area contributed by atoms with Crippen LogP contribution in [0.5, 0.6) is 0 Å². The molecule has 4 nitrogen and oxygen atoms in total. The lowest BCUT2D eigenvalue weighted by Gasteiger charge is -2.20. The summed E-state index contributed by atoms with van der Waals surface area (Å²) in [6.07, 6.45) is 2.15. The van der Waals surface area contributed by atoms with E-state index in [4.69, 9.17) is 5.11 Å². The summed E-state index contributed by atoms with van der Waals surface area (Å²) in [6, 6.07) is 4.84. The van der Waals surface area contributed by atoms with Crippen molar-refractivity contribution in [2.45, 2.75) is 38.2 Å². The van der Waals surface area contributed by atoms with Crippen molar-refractivity contribution < 1.29 is 13.5 Å². The van der Waals surface area contributed by atoms with Crippen LogP contribution in [0.15, 0.2) is 27.6 Å². The first kappa shape index (κ1) is 15.9. The zero-order valence-electron chi connectivity index (χ0n) is 11.7. The Morgan fingerprint density at radius 1 is 1.40 bits per heavy atom. The molecule has 0 aliphatic heterocycles. The lowest BCUT2D eigenvalue weighted by atomic mass is 9.93. The van der Waals surface area contributed by atoms with Crippen LogP contribution >= 0.6 is 15.9 Å². The number of halogens is 1. The molecule has 1 aliphatic rings. The van der Waals surface area contributed by atoms with Crippen molar-refractivity contribution >= 4 is 26.0 Å². The Bertz CT molecular complexity index is 594. The molecule has 1 aliphatic carbocycles. The van der Waals surface area contributed by atoms with Crippen LogP contribution in [0.3, 0.4) is 0 Å². The highest BCUT2D eigenvalue weighted by atomic mass is 79.9. The molecule has 1 aromatic rings. The first-order valence-corrected chi connectivity index (χ1v) is 8.97. The monoisotopic (exact) mass is 361 g/mol. The number of aliphatic hydroxyl groups excluding tert-OH is 1. The normalized spacial score (nSPS) is 17.4. The van der Waals surface area contributed by atoms with Crippen LogP contribution in [0.25, 0.3) is 0 Å². The molecule has 0 unspecified atom stereocenters. The van der Waals surface area contributed by atoms with E-state index in [1.165, 1.54) is 6.07 Å². The maximum absolute atomic E-state index is 12.4. The molecule has 20 heavy (non-hydrogen) atoms. The summed E-state index contributed by atoms with van der Waals surface area (Å²) in [6.45, 7) is 4.56. The highest BCUT2D eigenvalue weighted by Crippen LogP contribution is 2.51. The molecule has 1 saturated carbocycles. The lowest BCUT2D eigenvalue weighted by molar-refractivity contribution is 0.281. The number of nitrogens with one attached hydrogen (secondary N) is 1. The predicted octanol–water partition coefficient (Wildman–Crippen LogP) is 2.66. The fourth-order valence-corrected chi connectivity index (χ4v) is 4.44. The van der Waals surface area contributed by atoms with Gasteiger partial charge in [-0.3, -0.25) is 0 Å². The van der Waals surface area contributed by atoms with Crippen LogP contribution in [-0.4, -0.2) is 20.1 Å². The summed E-state index contributed by atoms with van der Waals surface area (Å²) in [5.74, 6) is 0.470. The van der Waals surface area contributed by atoms with Gasteiger partial charge in [0.2, 0.25) is 10.0 Å². The molecule has 0 spiro atoms. The van der Waals surface area contributed by atoms with E-state index < -0.39 is 10.0 Å². The minimum absolute atomic E-state index is 0.119. The summed E-state index contributed by atoms with van der Waals surface area (Å²) in [4.78, 5) is 0.184. The van der Waals surface area contributed by atoms with Crippen LogP contribution in [-0.2, 0) is 16.6 Å². The quantitative estimate of drug-likeness (QED) is 0.818. The molecular weight excluding hydrogens is 342 g/mol. The summed E-state index contributed by atoms with van der Waals surface area (Å²) < 4.78 is 28.0. The molecule has 112 valence electrons. The van der Waals surface area contributed by atoms with Crippen LogP contribution in [0.2, 0.25) is 0 Å². The first-order chi connectivity index (χ1) is 9.31. The molecule has 0 saturated heterocycles. The standard InChI is InChI=1S/C14H20BrNO3S/c1-10(2)14(5-6-14)9-16-20(18,19)13-7-11(8-17)3-4-12(13)15/h3-4,7,10,16-17H,5-6,8-9H2,1-2H3. The Morgan fingerprint density at radius 2 is 2.05 bits per heavy atom. The van der Waals surface area contributed by atoms with E-state index in [1.807, 2.05) is 0 Å². The molecule has 6 heteroatoms. The predicted molar refractivity (Wildman–Crippen MR) is 81.8 cm³/mol. The van der Waals surface area contributed by atoms with Gasteiger partial charge >= 0.3 is 0 Å². The molecule has 2 rings (SSSR count). The van der Waals surface area contributed by atoms with Gasteiger partial charge in [-0.1, -0.05) is 19.9 Å². The minimum atomic E-state index is -3.56. The minimum Gasteiger partial charge on any atom is -0.392 e. The van der Waals surface area contributed by atoms with Crippen LogP contribution in [0, 0.1) is 11.3 Å². The number of hydrogen-bond acceptors (Lipinski definition) is 3. The summed E-state index contributed by atoms with van der Waals surface area (Å²) in [5, 5.41) is 9.13. The van der Waals surface area contributed by atoms with Crippen molar-refractivity contribution in [3.63, 3.8) is 0 Å². The van der Waals surface area contributed by atoms with E-state index in [0.717, 1.165) is 12.8 Å². The van der Waals surface area contributed by atoms with E-state index in [-0.39, 0.29) is 16.9 Å². The molecule has 0 aromatic heterocycles. The molecule has 1 aromatic carbocycles. The number of hydrogen-bond donors (Lipinski definition) is 2. The molecule has 0 bridgehead atoms. The molecule has 1 fully saturated rings. The van der Waals surface area contributed by atoms with Gasteiger partial charge in [0.1, 0.15) is 0 Å². The van der Waals surface area contributed by atoms with Gasteiger partial charge in [-0.25, -0.2) is 13.1 Å². The SMILES string of the molecule is CC(C)C1(CNS(=O)(=O)c2cc(CO)ccc2Br)CC1. The van der Waals surface area contributed by atoms with Gasteiger partial charge in [0.25, 0.3) is 0 Å². The van der Waals surface area contributed by atoms with Gasteiger partial charge in [0.05, 0.1) is 11.5 Å². The number of aliphatic hydroxyl groups is 1. The molecule has 0 atom stereocenters. The summed E-state index contributed by atoms with van der Waals surface area (Å²) >= 11 is 3.26. The summed E-state index contributed by atoms with van der Waals surface area (Å²) in [5.41, 5.74) is 0.701. The lowest BCUT2D eigenvalue weighted by Crippen LogP contribution is -2.32. The topological polar surface area (TPSA) is 66.4 Å². The second-order valence-electron chi connectivity index (χ2n) is 5.76. The fraction of sp³-hybridized carbons (Fsp3) is 0.571. The van der Waals surface area contributed by atoms with Gasteiger partial charge in [-0.15, -0.1) is 0 Å². The number of sulfonamides is 1. The zero-order chi connectivity index (χ0) is 15.0. The Hall–Kier alpha value is -0.430. The third-order valence-corrected chi connectivity index (χ3v) is 6.59. The van der Waals surface area contributed by atoms with E-state index in [2.05, 4.69) is 34.5 Å². The highest BCUT2D eigenvalue weighted by Gasteiger charge is 2.45. The summed E-state index contributed by atoms with van der Waals surface area (Å²) in [7, 11) is -3.56. The Balaban J connectivity index is 2.18. The molecule has 2 N–H and O–H groups in total. The second-order valence-corrected chi connectivity index (χ2v) is 8.35. The Kier molecular flexibility index (Phi) is 4.59. The van der Waals surface area contributed by atoms with Crippen molar-refractivity contribution in [3.8, 4) is 0 Å². The maximum atomic E-state index is 12.4. The van der Waals surface area contributed by atoms with Crippen LogP contribution < -0.4 is 4.72 Å². The van der Waals surface area contributed by atoms with E-state index in [9.17, 15) is 8.42 Å². The van der Waals surface area contributed by atoms with Gasteiger partial charge in [0.15, 0.2) is 0 Å². The van der Waals surface area contributed by atoms with Crippen LogP contribution in [0.4, 0.5) is 0 Å². The fourth-order valence-electron chi connectivity index (χ4n) is 2.29. The molecule has 0 amide bonds. The third-order valence-electron chi connectivity index (χ3n) is 4.20. The highest BCUT2D eigenvalue weighted by molar-refractivity contribution is 9.10. The van der Waals surface area contributed by atoms with Gasteiger partial charge in [-0.2, -0.15) is 0 Å². The third kappa shape index (κ3) is 3.24. The number of rotatable bonds is 6. The smallest absolute Gasteiger partial charge is 0.241 e. The van der Waals surface area contributed by atoms with Crippen molar-refractivity contribution in [1.82, 2.24) is 4.72 Å². The van der Waals surface area contributed by atoms with Crippen molar-refractivity contribution in [2.75, 3.05) is 6.54 Å². The average Bonchev–Trinajstić information content (AvgIpc) is 3.18. The van der Waals surface area contributed by atoms with Gasteiger partial charge in [0, 0.05) is 11.0 Å². The van der Waals surface area contributed by atoms with E-state index >= 15 is 0 Å². The van der Waals surface area contributed by atoms with Gasteiger partial charge < -0.3 is 5.11 Å². The zero-order valence-corrected chi connectivity index (χ0v) is 14.1. The van der Waals surface area contributed by atoms with E-state index in [0.29, 0.717) is 22.5 Å². The van der Waals surface area contributed by atoms with Crippen molar-refractivity contribution in [1.29, 1.82) is 0 Å². The Labute approximate surface area is 128 Å². The van der Waals surface area contributed by atoms with Crippen molar-refractivity contribution in [3.05, 3.63) is 28.2 Å². The maximum Gasteiger partial charge on any atom is 0.241 e. The molecule has 0 radical (unpaired) electrons. The first-order valence-electron chi connectivity index (χ1n) is 6.70. The van der Waals surface area contributed by atoms with E-state index in [1.54, 1.807) is 12.1 Å². The average molecular weight is 362 g/mol. The molecular formula is C14H20BrNO3S. The Morgan fingerprint density at radius 3 is 2.55 bits per heavy atom. The molecule has 0 heterocycles. The van der Waals surface area contributed by atoms with Crippen molar-refractivity contribution in [2.24, 2.45) is 11.3 Å². The van der Waals surface area contributed by atoms with Crippen LogP contribution in [0.1, 0.15) is 32.3 Å². The number of benzene rings is 1.